The molecule has 0 aliphatic heterocycles. The van der Waals surface area contributed by atoms with Gasteiger partial charge in [0.1, 0.15) is 5.52 Å². The summed E-state index contributed by atoms with van der Waals surface area (Å²) < 4.78 is 1.82. The summed E-state index contributed by atoms with van der Waals surface area (Å²) >= 11 is 12.9. The quantitative estimate of drug-likeness (QED) is 0.638. The first-order valence-electron chi connectivity index (χ1n) is 7.99. The predicted octanol–water partition coefficient (Wildman–Crippen LogP) is 5.78. The van der Waals surface area contributed by atoms with E-state index >= 15 is 0 Å². The first-order valence-corrected chi connectivity index (χ1v) is 8.75. The number of nitrogens with zero attached hydrogens (tertiary/aromatic N) is 3. The molecule has 0 aliphatic carbocycles. The van der Waals surface area contributed by atoms with Gasteiger partial charge in [0.2, 0.25) is 0 Å². The van der Waals surface area contributed by atoms with Crippen molar-refractivity contribution in [1.82, 2.24) is 14.5 Å². The molecule has 0 fully saturated rings. The number of aryl methyl sites for hydroxylation is 1. The van der Waals surface area contributed by atoms with Gasteiger partial charge in [0.05, 0.1) is 5.02 Å². The van der Waals surface area contributed by atoms with E-state index in [9.17, 15) is 5.11 Å². The van der Waals surface area contributed by atoms with Gasteiger partial charge in [0.15, 0.2) is 5.65 Å². The van der Waals surface area contributed by atoms with Crippen LogP contribution in [0.4, 0.5) is 0 Å². The van der Waals surface area contributed by atoms with Crippen molar-refractivity contribution < 1.29 is 5.11 Å². The molecule has 2 heterocycles. The van der Waals surface area contributed by atoms with Crippen LogP contribution in [-0.2, 0) is 0 Å². The van der Waals surface area contributed by atoms with Gasteiger partial charge in [-0.05, 0) is 31.4 Å². The number of hydrogen-bond acceptors (Lipinski definition) is 3. The van der Waals surface area contributed by atoms with Crippen LogP contribution in [-0.4, -0.2) is 19.6 Å². The highest BCUT2D eigenvalue weighted by atomic mass is 35.5. The fraction of sp³-hybridized carbons (Fsp3) is 0.333. The maximum Gasteiger partial charge on any atom is 0.296 e. The van der Waals surface area contributed by atoms with E-state index in [2.05, 4.69) is 23.8 Å². The van der Waals surface area contributed by atoms with Gasteiger partial charge in [-0.25, -0.2) is 4.98 Å². The largest absolute Gasteiger partial charge is 0.480 e. The highest BCUT2D eigenvalue weighted by molar-refractivity contribution is 6.37. The van der Waals surface area contributed by atoms with Gasteiger partial charge < -0.3 is 5.11 Å². The summed E-state index contributed by atoms with van der Waals surface area (Å²) in [6, 6.07) is 5.90. The van der Waals surface area contributed by atoms with E-state index in [-0.39, 0.29) is 12.1 Å². The molecule has 3 aromatic rings. The second-order valence-electron chi connectivity index (χ2n) is 5.89. The summed E-state index contributed by atoms with van der Waals surface area (Å²) in [4.78, 5) is 8.49. The minimum atomic E-state index is -0.0436. The van der Waals surface area contributed by atoms with Crippen LogP contribution in [0.2, 0.25) is 10.0 Å². The van der Waals surface area contributed by atoms with Crippen molar-refractivity contribution in [2.24, 2.45) is 0 Å². The predicted molar refractivity (Wildman–Crippen MR) is 99.0 cm³/mol. The third kappa shape index (κ3) is 2.74. The van der Waals surface area contributed by atoms with E-state index in [0.717, 1.165) is 35.0 Å². The lowest BCUT2D eigenvalue weighted by Crippen LogP contribution is -2.07. The Labute approximate surface area is 151 Å². The Morgan fingerprint density at radius 2 is 1.88 bits per heavy atom. The Balaban J connectivity index is 2.40. The van der Waals surface area contributed by atoms with Gasteiger partial charge in [-0.3, -0.25) is 4.57 Å². The number of aromatic nitrogens is 3. The van der Waals surface area contributed by atoms with E-state index < -0.39 is 0 Å². The number of rotatable bonds is 4. The molecule has 3 rings (SSSR count). The maximum absolute atomic E-state index is 10.4. The van der Waals surface area contributed by atoms with Crippen LogP contribution in [0.15, 0.2) is 24.4 Å². The molecule has 1 N–H and O–H groups in total. The van der Waals surface area contributed by atoms with Crippen molar-refractivity contribution in [2.45, 2.75) is 39.7 Å². The van der Waals surface area contributed by atoms with Gasteiger partial charge in [-0.2, -0.15) is 4.98 Å². The topological polar surface area (TPSA) is 50.9 Å². The van der Waals surface area contributed by atoms with E-state index in [0.29, 0.717) is 15.7 Å². The van der Waals surface area contributed by atoms with Crippen molar-refractivity contribution in [1.29, 1.82) is 0 Å². The molecule has 0 saturated carbocycles. The summed E-state index contributed by atoms with van der Waals surface area (Å²) in [5.41, 5.74) is 3.83. The molecule has 0 unspecified atom stereocenters. The average molecular weight is 364 g/mol. The first-order chi connectivity index (χ1) is 11.5. The molecule has 0 atom stereocenters. The third-order valence-corrected chi connectivity index (χ3v) is 4.95. The molecule has 0 saturated heterocycles. The van der Waals surface area contributed by atoms with Crippen molar-refractivity contribution >= 4 is 34.4 Å². The van der Waals surface area contributed by atoms with Crippen molar-refractivity contribution in [3.63, 3.8) is 0 Å². The molecule has 24 heavy (non-hydrogen) atoms. The molecule has 0 radical (unpaired) electrons. The standard InChI is InChI=1S/C18H19Cl2N3O/c1-4-11(5-2)23-16-15(12-7-6-10(3)8-13(12)19)14(20)9-21-17(16)22-18(23)24/h6-9,11H,4-5H2,1-3H3,(H,21,22,24). The molecule has 0 aliphatic rings. The zero-order chi connectivity index (χ0) is 17.4. The van der Waals surface area contributed by atoms with Gasteiger partial charge in [-0.15, -0.1) is 0 Å². The summed E-state index contributed by atoms with van der Waals surface area (Å²) in [6.45, 7) is 6.14. The number of aromatic hydroxyl groups is 1. The molecular formula is C18H19Cl2N3O. The summed E-state index contributed by atoms with van der Waals surface area (Å²) in [7, 11) is 0. The number of fused-ring (bicyclic) bond motifs is 1. The maximum atomic E-state index is 10.4. The molecule has 4 nitrogen and oxygen atoms in total. The minimum Gasteiger partial charge on any atom is -0.480 e. The van der Waals surface area contributed by atoms with Gasteiger partial charge >= 0.3 is 0 Å². The van der Waals surface area contributed by atoms with Gasteiger partial charge in [-0.1, -0.05) is 49.2 Å². The first kappa shape index (κ1) is 17.1. The molecule has 6 heteroatoms. The fourth-order valence-corrected chi connectivity index (χ4v) is 3.68. The Kier molecular flexibility index (Phi) is 4.70. The minimum absolute atomic E-state index is 0.0436. The lowest BCUT2D eigenvalue weighted by molar-refractivity contribution is 0.362. The van der Waals surface area contributed by atoms with E-state index in [1.807, 2.05) is 29.7 Å². The number of pyridine rings is 1. The SMILES string of the molecule is CCC(CC)n1c(O)nc2ncc(Cl)c(-c3ccc(C)cc3Cl)c21. The van der Waals surface area contributed by atoms with E-state index in [4.69, 9.17) is 23.2 Å². The summed E-state index contributed by atoms with van der Waals surface area (Å²) in [6.07, 6.45) is 3.28. The number of halogens is 2. The summed E-state index contributed by atoms with van der Waals surface area (Å²) in [5.74, 6) is 0. The molecule has 2 aromatic heterocycles. The number of imidazole rings is 1. The van der Waals surface area contributed by atoms with Crippen LogP contribution in [0, 0.1) is 6.92 Å². The fourth-order valence-electron chi connectivity index (χ4n) is 3.11. The van der Waals surface area contributed by atoms with Crippen LogP contribution in [0.3, 0.4) is 0 Å². The van der Waals surface area contributed by atoms with Crippen LogP contribution in [0.5, 0.6) is 6.01 Å². The lowest BCUT2D eigenvalue weighted by atomic mass is 10.0. The van der Waals surface area contributed by atoms with E-state index in [1.54, 1.807) is 6.20 Å². The van der Waals surface area contributed by atoms with Crippen LogP contribution >= 0.6 is 23.2 Å². The second kappa shape index (κ2) is 6.61. The average Bonchev–Trinajstić information content (AvgIpc) is 2.87. The second-order valence-corrected chi connectivity index (χ2v) is 6.70. The van der Waals surface area contributed by atoms with Crippen LogP contribution in [0.25, 0.3) is 22.3 Å². The zero-order valence-corrected chi connectivity index (χ0v) is 15.4. The Morgan fingerprint density at radius 1 is 1.17 bits per heavy atom. The van der Waals surface area contributed by atoms with Crippen molar-refractivity contribution in [2.75, 3.05) is 0 Å². The van der Waals surface area contributed by atoms with Gasteiger partial charge in [0, 0.05) is 28.4 Å². The third-order valence-electron chi connectivity index (χ3n) is 4.35. The van der Waals surface area contributed by atoms with Crippen LogP contribution in [0.1, 0.15) is 38.3 Å². The zero-order valence-electron chi connectivity index (χ0n) is 13.8. The lowest BCUT2D eigenvalue weighted by Gasteiger charge is -2.18. The Morgan fingerprint density at radius 3 is 2.50 bits per heavy atom. The highest BCUT2D eigenvalue weighted by Gasteiger charge is 2.23. The Hall–Kier alpha value is -1.78. The Bertz CT molecular complexity index is 901. The van der Waals surface area contributed by atoms with Crippen molar-refractivity contribution in [3.05, 3.63) is 40.0 Å². The number of hydrogen-bond donors (Lipinski definition) is 1. The smallest absolute Gasteiger partial charge is 0.296 e. The van der Waals surface area contributed by atoms with E-state index in [1.165, 1.54) is 0 Å². The normalized spacial score (nSPS) is 11.6. The van der Waals surface area contributed by atoms with Gasteiger partial charge in [0.25, 0.3) is 6.01 Å². The van der Waals surface area contributed by atoms with Crippen molar-refractivity contribution in [3.8, 4) is 17.1 Å². The molecule has 0 bridgehead atoms. The molecular weight excluding hydrogens is 345 g/mol. The highest BCUT2D eigenvalue weighted by Crippen LogP contribution is 2.41. The summed E-state index contributed by atoms with van der Waals surface area (Å²) in [5, 5.41) is 11.5. The molecule has 0 spiro atoms. The molecule has 126 valence electrons. The molecule has 1 aromatic carbocycles. The van der Waals surface area contributed by atoms with Crippen LogP contribution < -0.4 is 0 Å². The monoisotopic (exact) mass is 363 g/mol. The molecule has 0 amide bonds. The number of benzene rings is 1.